The van der Waals surface area contributed by atoms with Crippen molar-refractivity contribution in [1.29, 1.82) is 0 Å². The zero-order valence-corrected chi connectivity index (χ0v) is 14.5. The maximum Gasteiger partial charge on any atom is 0.118 e. The van der Waals surface area contributed by atoms with Crippen molar-refractivity contribution in [3.8, 4) is 17.6 Å². The number of hydrogen-bond donors (Lipinski definition) is 0. The molecule has 2 heteroatoms. The second kappa shape index (κ2) is 9.33. The molecule has 0 N–H and O–H groups in total. The van der Waals surface area contributed by atoms with Gasteiger partial charge in [-0.15, -0.1) is 0 Å². The quantitative estimate of drug-likeness (QED) is 0.661. The lowest BCUT2D eigenvalue weighted by Gasteiger charge is -2.09. The summed E-state index contributed by atoms with van der Waals surface area (Å²) in [6.45, 7) is 9.68. The van der Waals surface area contributed by atoms with Gasteiger partial charge in [0.05, 0.1) is 20.3 Å². The second-order valence-corrected chi connectivity index (χ2v) is 6.36. The fourth-order valence-electron chi connectivity index (χ4n) is 1.73. The number of unbranched alkanes of at least 4 members (excludes halogenated alkanes) is 1. The topological polar surface area (TPSA) is 18.5 Å². The van der Waals surface area contributed by atoms with Crippen LogP contribution < -0.4 is 4.74 Å². The predicted molar refractivity (Wildman–Crippen MR) is 92.9 cm³/mol. The van der Waals surface area contributed by atoms with Crippen molar-refractivity contribution >= 4 is 0 Å². The molecule has 1 aromatic carbocycles. The molecule has 0 spiro atoms. The Bertz CT molecular complexity index is 522. The van der Waals surface area contributed by atoms with Crippen LogP contribution in [0.2, 0.25) is 0 Å². The summed E-state index contributed by atoms with van der Waals surface area (Å²) in [5.41, 5.74) is 2.23. The van der Waals surface area contributed by atoms with E-state index in [9.17, 15) is 0 Å². The van der Waals surface area contributed by atoms with Crippen molar-refractivity contribution in [2.24, 2.45) is 5.41 Å². The van der Waals surface area contributed by atoms with Gasteiger partial charge in [0.2, 0.25) is 0 Å². The Morgan fingerprint density at radius 2 is 1.86 bits per heavy atom. The van der Waals surface area contributed by atoms with E-state index in [-0.39, 0.29) is 5.41 Å². The predicted octanol–water partition coefficient (Wildman–Crippen LogP) is 4.99. The third-order valence-corrected chi connectivity index (χ3v) is 2.96. The van der Waals surface area contributed by atoms with Crippen LogP contribution in [0.4, 0.5) is 0 Å². The van der Waals surface area contributed by atoms with E-state index in [1.807, 2.05) is 24.3 Å². The molecule has 0 heterocycles. The van der Waals surface area contributed by atoms with Gasteiger partial charge in [-0.2, -0.15) is 0 Å². The molecule has 0 fully saturated rings. The van der Waals surface area contributed by atoms with Crippen molar-refractivity contribution in [2.75, 3.05) is 13.7 Å². The van der Waals surface area contributed by atoms with Gasteiger partial charge in [0.25, 0.3) is 0 Å². The summed E-state index contributed by atoms with van der Waals surface area (Å²) in [5.74, 6) is 7.41. The molecule has 0 atom stereocenters. The summed E-state index contributed by atoms with van der Waals surface area (Å²) in [5, 5.41) is 0. The summed E-state index contributed by atoms with van der Waals surface area (Å²) in [4.78, 5) is 0. The molecule has 0 radical (unpaired) electrons. The average Bonchev–Trinajstić information content (AvgIpc) is 2.49. The van der Waals surface area contributed by atoms with Gasteiger partial charge in [0, 0.05) is 11.0 Å². The first-order chi connectivity index (χ1) is 10.4. The number of methoxy groups -OCH3 is 1. The number of ether oxygens (including phenoxy) is 2. The van der Waals surface area contributed by atoms with Crippen LogP contribution in [0, 0.1) is 17.3 Å². The van der Waals surface area contributed by atoms with Crippen molar-refractivity contribution < 1.29 is 9.47 Å². The van der Waals surface area contributed by atoms with E-state index in [4.69, 9.17) is 9.47 Å². The Morgan fingerprint density at radius 3 is 2.41 bits per heavy atom. The van der Waals surface area contributed by atoms with Gasteiger partial charge in [-0.25, -0.2) is 0 Å². The van der Waals surface area contributed by atoms with Crippen LogP contribution in [-0.2, 0) is 11.3 Å². The molecule has 2 nitrogen and oxygen atoms in total. The van der Waals surface area contributed by atoms with Gasteiger partial charge in [0.15, 0.2) is 0 Å². The van der Waals surface area contributed by atoms with Crippen LogP contribution in [0.3, 0.4) is 0 Å². The molecule has 0 aliphatic rings. The van der Waals surface area contributed by atoms with Crippen LogP contribution in [0.1, 0.15) is 46.1 Å². The molecule has 120 valence electrons. The highest BCUT2D eigenvalue weighted by atomic mass is 16.5. The maximum absolute atomic E-state index is 5.81. The average molecular weight is 300 g/mol. The summed E-state index contributed by atoms with van der Waals surface area (Å²) in [7, 11) is 1.67. The first-order valence-corrected chi connectivity index (χ1v) is 7.87. The summed E-state index contributed by atoms with van der Waals surface area (Å²) < 4.78 is 11.0. The molecular formula is C20H28O2. The van der Waals surface area contributed by atoms with Gasteiger partial charge in [0.1, 0.15) is 5.75 Å². The van der Waals surface area contributed by atoms with Gasteiger partial charge in [-0.1, -0.05) is 43.4 Å². The fourth-order valence-corrected chi connectivity index (χ4v) is 1.73. The van der Waals surface area contributed by atoms with Gasteiger partial charge in [-0.3, -0.25) is 0 Å². The minimum absolute atomic E-state index is 0.0152. The Hall–Kier alpha value is -1.72. The molecule has 0 aromatic heterocycles. The van der Waals surface area contributed by atoms with Crippen LogP contribution in [0.15, 0.2) is 35.9 Å². The first kappa shape index (κ1) is 18.3. The lowest BCUT2D eigenvalue weighted by atomic mass is 9.97. The third-order valence-electron chi connectivity index (χ3n) is 2.96. The van der Waals surface area contributed by atoms with E-state index in [0.29, 0.717) is 13.2 Å². The van der Waals surface area contributed by atoms with E-state index in [0.717, 1.165) is 29.7 Å². The van der Waals surface area contributed by atoms with E-state index in [2.05, 4.69) is 45.6 Å². The van der Waals surface area contributed by atoms with Crippen LogP contribution in [0.25, 0.3) is 0 Å². The normalized spacial score (nSPS) is 11.8. The molecule has 22 heavy (non-hydrogen) atoms. The molecule has 1 aromatic rings. The zero-order valence-electron chi connectivity index (χ0n) is 14.5. The smallest absolute Gasteiger partial charge is 0.118 e. The minimum atomic E-state index is 0.0152. The summed E-state index contributed by atoms with van der Waals surface area (Å²) in [6.07, 6.45) is 4.35. The molecule has 0 amide bonds. The van der Waals surface area contributed by atoms with Gasteiger partial charge in [-0.05, 0) is 44.9 Å². The highest BCUT2D eigenvalue weighted by Gasteiger charge is 2.04. The third kappa shape index (κ3) is 7.90. The maximum atomic E-state index is 5.81. The minimum Gasteiger partial charge on any atom is -0.497 e. The van der Waals surface area contributed by atoms with Crippen molar-refractivity contribution in [2.45, 2.75) is 47.1 Å². The Labute approximate surface area is 135 Å². The molecule has 0 saturated heterocycles. The standard InChI is InChI=1S/C20H28O2/c1-6-7-8-17(13-14-20(2,3)4)15-22-16-18-9-11-19(21-5)12-10-18/h8-12H,6-7,15-16H2,1-5H3/b17-8-. The molecule has 0 unspecified atom stereocenters. The molecule has 1 rings (SSSR count). The van der Waals surface area contributed by atoms with Crippen molar-refractivity contribution in [1.82, 2.24) is 0 Å². The lowest BCUT2D eigenvalue weighted by Crippen LogP contribution is -2.02. The van der Waals surface area contributed by atoms with E-state index >= 15 is 0 Å². The Balaban J connectivity index is 2.57. The van der Waals surface area contributed by atoms with E-state index in [1.165, 1.54) is 0 Å². The fraction of sp³-hybridized carbons (Fsp3) is 0.500. The highest BCUT2D eigenvalue weighted by Crippen LogP contribution is 2.13. The number of benzene rings is 1. The highest BCUT2D eigenvalue weighted by molar-refractivity contribution is 5.31. The number of hydrogen-bond acceptors (Lipinski definition) is 2. The Morgan fingerprint density at radius 1 is 1.18 bits per heavy atom. The van der Waals surface area contributed by atoms with Gasteiger partial charge < -0.3 is 9.47 Å². The lowest BCUT2D eigenvalue weighted by molar-refractivity contribution is 0.144. The number of allylic oxidation sites excluding steroid dienone is 1. The number of rotatable bonds is 7. The van der Waals surface area contributed by atoms with Crippen LogP contribution >= 0.6 is 0 Å². The van der Waals surface area contributed by atoms with E-state index < -0.39 is 0 Å². The first-order valence-electron chi connectivity index (χ1n) is 7.87. The molecule has 0 saturated carbocycles. The zero-order chi connectivity index (χ0) is 16.4. The molecular weight excluding hydrogens is 272 g/mol. The summed E-state index contributed by atoms with van der Waals surface area (Å²) >= 11 is 0. The van der Waals surface area contributed by atoms with Gasteiger partial charge >= 0.3 is 0 Å². The van der Waals surface area contributed by atoms with Crippen LogP contribution in [0.5, 0.6) is 5.75 Å². The van der Waals surface area contributed by atoms with E-state index in [1.54, 1.807) is 7.11 Å². The monoisotopic (exact) mass is 300 g/mol. The molecule has 0 bridgehead atoms. The Kier molecular flexibility index (Phi) is 7.77. The summed E-state index contributed by atoms with van der Waals surface area (Å²) in [6, 6.07) is 7.95. The SMILES string of the molecule is CCC/C=C(/C#CC(C)(C)C)COCc1ccc(OC)cc1. The molecule has 0 aliphatic carbocycles. The molecule has 0 aliphatic heterocycles. The largest absolute Gasteiger partial charge is 0.497 e. The van der Waals surface area contributed by atoms with Crippen LogP contribution in [-0.4, -0.2) is 13.7 Å². The van der Waals surface area contributed by atoms with Crippen molar-refractivity contribution in [3.63, 3.8) is 0 Å². The second-order valence-electron chi connectivity index (χ2n) is 6.36. The van der Waals surface area contributed by atoms with Crippen molar-refractivity contribution in [3.05, 3.63) is 41.5 Å².